The average molecular weight is 556 g/mol. The number of amides is 3. The molecule has 0 aliphatic heterocycles. The molecule has 3 N–H and O–H groups in total. The first-order valence-electron chi connectivity index (χ1n) is 12.2. The fourth-order valence-electron chi connectivity index (χ4n) is 3.52. The third-order valence-corrected chi connectivity index (χ3v) is 6.58. The SMILES string of the molecule is COc1ccc(NC(=O)CSc2ccc(NC(=O)/C(=C/c3ccc(F)cc3)NC(=O)c3ccccc3)cc2)cc1. The number of nitrogens with one attached hydrogen (secondary N) is 3. The van der Waals surface area contributed by atoms with Crippen molar-refractivity contribution in [2.75, 3.05) is 23.5 Å². The molecule has 4 aromatic carbocycles. The van der Waals surface area contributed by atoms with Crippen LogP contribution in [0.15, 0.2) is 114 Å². The number of methoxy groups -OCH3 is 1. The van der Waals surface area contributed by atoms with Gasteiger partial charge in [0.1, 0.15) is 17.3 Å². The Morgan fingerprint density at radius 1 is 0.800 bits per heavy atom. The van der Waals surface area contributed by atoms with Crippen molar-refractivity contribution >= 4 is 46.9 Å². The highest BCUT2D eigenvalue weighted by Gasteiger charge is 2.15. The van der Waals surface area contributed by atoms with E-state index in [1.165, 1.54) is 42.1 Å². The van der Waals surface area contributed by atoms with Crippen molar-refractivity contribution in [1.82, 2.24) is 5.32 Å². The van der Waals surface area contributed by atoms with E-state index in [2.05, 4.69) is 16.0 Å². The van der Waals surface area contributed by atoms with Gasteiger partial charge in [0.25, 0.3) is 11.8 Å². The molecule has 0 aromatic heterocycles. The van der Waals surface area contributed by atoms with E-state index in [1.54, 1.807) is 86.0 Å². The van der Waals surface area contributed by atoms with Crippen LogP contribution in [-0.4, -0.2) is 30.6 Å². The predicted molar refractivity (Wildman–Crippen MR) is 156 cm³/mol. The number of halogens is 1. The minimum atomic E-state index is -0.548. The van der Waals surface area contributed by atoms with E-state index in [1.807, 2.05) is 0 Å². The van der Waals surface area contributed by atoms with Gasteiger partial charge in [0, 0.05) is 21.8 Å². The maximum absolute atomic E-state index is 13.4. The van der Waals surface area contributed by atoms with Gasteiger partial charge < -0.3 is 20.7 Å². The second kappa shape index (κ2) is 13.8. The summed E-state index contributed by atoms with van der Waals surface area (Å²) in [5, 5.41) is 8.25. The van der Waals surface area contributed by atoms with Gasteiger partial charge in [-0.15, -0.1) is 11.8 Å². The van der Waals surface area contributed by atoms with Crippen molar-refractivity contribution in [3.05, 3.63) is 126 Å². The highest BCUT2D eigenvalue weighted by Crippen LogP contribution is 2.22. The summed E-state index contributed by atoms with van der Waals surface area (Å²) in [7, 11) is 1.58. The molecule has 7 nitrogen and oxygen atoms in total. The molecule has 0 atom stereocenters. The molecule has 0 bridgehead atoms. The molecule has 0 spiro atoms. The van der Waals surface area contributed by atoms with Crippen LogP contribution in [0.1, 0.15) is 15.9 Å². The molecule has 0 fully saturated rings. The number of benzene rings is 4. The van der Waals surface area contributed by atoms with E-state index >= 15 is 0 Å². The molecule has 40 heavy (non-hydrogen) atoms. The van der Waals surface area contributed by atoms with E-state index < -0.39 is 17.6 Å². The predicted octanol–water partition coefficient (Wildman–Crippen LogP) is 5.97. The van der Waals surface area contributed by atoms with E-state index in [9.17, 15) is 18.8 Å². The Labute approximate surface area is 235 Å². The summed E-state index contributed by atoms with van der Waals surface area (Å²) in [6.45, 7) is 0. The Balaban J connectivity index is 1.38. The Kier molecular flexibility index (Phi) is 9.68. The Morgan fingerprint density at radius 2 is 1.43 bits per heavy atom. The summed E-state index contributed by atoms with van der Waals surface area (Å²) in [4.78, 5) is 39.0. The summed E-state index contributed by atoms with van der Waals surface area (Å²) in [6, 6.07) is 28.1. The van der Waals surface area contributed by atoms with Crippen molar-refractivity contribution in [3.8, 4) is 5.75 Å². The van der Waals surface area contributed by atoms with Gasteiger partial charge >= 0.3 is 0 Å². The first kappa shape index (κ1) is 28.1. The Morgan fingerprint density at radius 3 is 2.08 bits per heavy atom. The number of rotatable bonds is 10. The fourth-order valence-corrected chi connectivity index (χ4v) is 4.22. The third-order valence-electron chi connectivity index (χ3n) is 5.57. The van der Waals surface area contributed by atoms with Crippen LogP contribution in [0.3, 0.4) is 0 Å². The molecule has 0 saturated heterocycles. The third kappa shape index (κ3) is 8.31. The Hall–Kier alpha value is -4.89. The number of carbonyl (C=O) groups excluding carboxylic acids is 3. The van der Waals surface area contributed by atoms with Crippen LogP contribution < -0.4 is 20.7 Å². The second-order valence-electron chi connectivity index (χ2n) is 8.47. The number of ether oxygens (including phenoxy) is 1. The standard InChI is InChI=1S/C31H26FN3O4S/c1-39-26-15-11-24(12-16-26)33-29(36)20-40-27-17-13-25(14-18-27)34-31(38)28(19-21-7-9-23(32)10-8-21)35-30(37)22-5-3-2-4-6-22/h2-19H,20H2,1H3,(H,33,36)(H,34,38)(H,35,37)/b28-19-. The van der Waals surface area contributed by atoms with E-state index in [4.69, 9.17) is 4.74 Å². The van der Waals surface area contributed by atoms with Gasteiger partial charge in [-0.2, -0.15) is 0 Å². The van der Waals surface area contributed by atoms with Crippen molar-refractivity contribution in [1.29, 1.82) is 0 Å². The van der Waals surface area contributed by atoms with Gasteiger partial charge in [-0.05, 0) is 84.4 Å². The summed E-state index contributed by atoms with van der Waals surface area (Å²) in [5.41, 5.74) is 2.09. The minimum absolute atomic E-state index is 0.00545. The molecule has 0 aliphatic carbocycles. The summed E-state index contributed by atoms with van der Waals surface area (Å²) in [6.07, 6.45) is 1.47. The normalized spacial score (nSPS) is 10.9. The highest BCUT2D eigenvalue weighted by molar-refractivity contribution is 8.00. The van der Waals surface area contributed by atoms with E-state index in [0.717, 1.165) is 4.90 Å². The van der Waals surface area contributed by atoms with Gasteiger partial charge in [0.15, 0.2) is 0 Å². The molecule has 0 unspecified atom stereocenters. The maximum Gasteiger partial charge on any atom is 0.272 e. The summed E-state index contributed by atoms with van der Waals surface area (Å²) in [5.74, 6) is -0.661. The molecule has 0 radical (unpaired) electrons. The number of carbonyl (C=O) groups is 3. The molecule has 0 heterocycles. The first-order chi connectivity index (χ1) is 19.4. The van der Waals surface area contributed by atoms with Crippen molar-refractivity contribution in [2.45, 2.75) is 4.90 Å². The summed E-state index contributed by atoms with van der Waals surface area (Å²) < 4.78 is 18.5. The van der Waals surface area contributed by atoms with E-state index in [0.29, 0.717) is 28.3 Å². The maximum atomic E-state index is 13.4. The van der Waals surface area contributed by atoms with Gasteiger partial charge in [-0.1, -0.05) is 30.3 Å². The average Bonchev–Trinajstić information content (AvgIpc) is 2.98. The monoisotopic (exact) mass is 555 g/mol. The van der Waals surface area contributed by atoms with Crippen LogP contribution in [0, 0.1) is 5.82 Å². The molecule has 3 amide bonds. The van der Waals surface area contributed by atoms with Gasteiger partial charge in [-0.3, -0.25) is 14.4 Å². The molecule has 0 saturated carbocycles. The molecule has 202 valence electrons. The molecular weight excluding hydrogens is 529 g/mol. The molecular formula is C31H26FN3O4S. The van der Waals surface area contributed by atoms with Crippen LogP contribution >= 0.6 is 11.8 Å². The van der Waals surface area contributed by atoms with Crippen LogP contribution in [0.4, 0.5) is 15.8 Å². The first-order valence-corrected chi connectivity index (χ1v) is 13.2. The number of hydrogen-bond acceptors (Lipinski definition) is 5. The van der Waals surface area contributed by atoms with Crippen LogP contribution in [0.25, 0.3) is 6.08 Å². The Bertz CT molecular complexity index is 1490. The number of thioether (sulfide) groups is 1. The molecule has 9 heteroatoms. The summed E-state index contributed by atoms with van der Waals surface area (Å²) >= 11 is 1.35. The van der Waals surface area contributed by atoms with Crippen molar-refractivity contribution in [2.24, 2.45) is 0 Å². The second-order valence-corrected chi connectivity index (χ2v) is 9.52. The lowest BCUT2D eigenvalue weighted by Gasteiger charge is -2.12. The van der Waals surface area contributed by atoms with Crippen molar-refractivity contribution in [3.63, 3.8) is 0 Å². The van der Waals surface area contributed by atoms with Gasteiger partial charge in [-0.25, -0.2) is 4.39 Å². The molecule has 4 aromatic rings. The van der Waals surface area contributed by atoms with Crippen LogP contribution in [0.2, 0.25) is 0 Å². The number of hydrogen-bond donors (Lipinski definition) is 3. The quantitative estimate of drug-likeness (QED) is 0.165. The van der Waals surface area contributed by atoms with Crippen LogP contribution in [-0.2, 0) is 9.59 Å². The van der Waals surface area contributed by atoms with Crippen molar-refractivity contribution < 1.29 is 23.5 Å². The lowest BCUT2D eigenvalue weighted by Crippen LogP contribution is -2.30. The highest BCUT2D eigenvalue weighted by atomic mass is 32.2. The minimum Gasteiger partial charge on any atom is -0.497 e. The molecule has 4 rings (SSSR count). The largest absolute Gasteiger partial charge is 0.497 e. The zero-order chi connectivity index (χ0) is 28.3. The van der Waals surface area contributed by atoms with Crippen LogP contribution in [0.5, 0.6) is 5.75 Å². The topological polar surface area (TPSA) is 96.5 Å². The van der Waals surface area contributed by atoms with Gasteiger partial charge in [0.05, 0.1) is 12.9 Å². The zero-order valence-corrected chi connectivity index (χ0v) is 22.3. The molecule has 0 aliphatic rings. The van der Waals surface area contributed by atoms with E-state index in [-0.39, 0.29) is 17.4 Å². The smallest absolute Gasteiger partial charge is 0.272 e. The lowest BCUT2D eigenvalue weighted by molar-refractivity contribution is -0.114. The zero-order valence-electron chi connectivity index (χ0n) is 21.5. The van der Waals surface area contributed by atoms with Gasteiger partial charge in [0.2, 0.25) is 5.91 Å². The lowest BCUT2D eigenvalue weighted by atomic mass is 10.1. The number of anilines is 2. The fraction of sp³-hybridized carbons (Fsp3) is 0.0645.